The van der Waals surface area contributed by atoms with Gasteiger partial charge in [0.05, 0.1) is 33.9 Å². The van der Waals surface area contributed by atoms with Crippen LogP contribution in [0.3, 0.4) is 0 Å². The van der Waals surface area contributed by atoms with Crippen LogP contribution in [0.1, 0.15) is 41.8 Å². The van der Waals surface area contributed by atoms with E-state index in [2.05, 4.69) is 5.32 Å². The van der Waals surface area contributed by atoms with E-state index in [1.165, 1.54) is 101 Å². The maximum atomic E-state index is 13.8. The molecular weight excluding hydrogens is 777 g/mol. The van der Waals surface area contributed by atoms with Gasteiger partial charge in [0.25, 0.3) is 11.4 Å². The van der Waals surface area contributed by atoms with Crippen molar-refractivity contribution in [3.05, 3.63) is 120 Å². The first-order valence-corrected chi connectivity index (χ1v) is 18.1. The van der Waals surface area contributed by atoms with Crippen LogP contribution in [0.15, 0.2) is 83.4 Å². The number of amides is 3. The molecule has 0 radical (unpaired) electrons. The van der Waals surface area contributed by atoms with Crippen molar-refractivity contribution < 1.29 is 83.1 Å². The Labute approximate surface area is 350 Å². The predicted molar refractivity (Wildman–Crippen MR) is 194 cm³/mol. The maximum absolute atomic E-state index is 13.8. The van der Waals surface area contributed by atoms with Gasteiger partial charge < -0.3 is 34.7 Å². The van der Waals surface area contributed by atoms with Crippen LogP contribution in [0, 0.1) is 32.1 Å². The van der Waals surface area contributed by atoms with E-state index in [9.17, 15) is 54.4 Å². The number of non-ortho nitro benzene ring substituents is 2. The van der Waals surface area contributed by atoms with E-state index in [-0.39, 0.29) is 84.1 Å². The van der Waals surface area contributed by atoms with Crippen LogP contribution in [-0.2, 0) is 37.1 Å². The number of hydrogen-bond donors (Lipinski definition) is 2. The minimum absolute atomic E-state index is 0. The Morgan fingerprint density at radius 1 is 0.947 bits per heavy atom. The molecule has 292 valence electrons. The van der Waals surface area contributed by atoms with Crippen LogP contribution in [0.4, 0.5) is 21.9 Å². The molecule has 2 N–H and O–H groups in total. The summed E-state index contributed by atoms with van der Waals surface area (Å²) >= 11 is 1.17. The van der Waals surface area contributed by atoms with E-state index in [4.69, 9.17) is 9.47 Å². The normalized spacial score (nSPS) is 21.5. The van der Waals surface area contributed by atoms with Gasteiger partial charge in [0.15, 0.2) is 0 Å². The second kappa shape index (κ2) is 17.9. The first-order valence-electron chi connectivity index (χ1n) is 17.3. The molecule has 0 bridgehead atoms. The van der Waals surface area contributed by atoms with Crippen LogP contribution in [0.2, 0.25) is 0 Å². The molecule has 3 aliphatic rings. The number of aliphatic hydroxyl groups is 1. The van der Waals surface area contributed by atoms with E-state index in [0.717, 1.165) is 0 Å². The molecule has 2 saturated heterocycles. The molecule has 2 fully saturated rings. The number of fused-ring (bicyclic) bond motifs is 1. The Hall–Kier alpha value is -5.34. The third-order valence-electron chi connectivity index (χ3n) is 9.79. The molecule has 0 unspecified atom stereocenters. The number of hydrogen-bond acceptors (Lipinski definition) is 14. The summed E-state index contributed by atoms with van der Waals surface area (Å²) in [7, 11) is 0. The number of carbonyl (C=O) groups is 5. The fourth-order valence-electron chi connectivity index (χ4n) is 7.00. The minimum atomic E-state index is -1.46. The van der Waals surface area contributed by atoms with Crippen molar-refractivity contribution >= 4 is 58.7 Å². The molecule has 6 rings (SSSR count). The molecule has 3 heterocycles. The monoisotopic (exact) mass is 811 g/mol. The summed E-state index contributed by atoms with van der Waals surface area (Å²) in [6.07, 6.45) is -1.88. The quantitative estimate of drug-likeness (QED) is 0.0766. The number of ether oxygens (including phenoxy) is 2. The summed E-state index contributed by atoms with van der Waals surface area (Å²) in [5.41, 5.74) is 0.485. The van der Waals surface area contributed by atoms with Crippen LogP contribution in [0.25, 0.3) is 0 Å². The van der Waals surface area contributed by atoms with Crippen molar-refractivity contribution in [3.8, 4) is 0 Å². The molecule has 3 aromatic carbocycles. The summed E-state index contributed by atoms with van der Waals surface area (Å²) in [5, 5.41) is 46.1. The number of carboxylic acid groups (broad SMARTS) is 1. The Kier molecular flexibility index (Phi) is 13.4. The zero-order chi connectivity index (χ0) is 40.4. The van der Waals surface area contributed by atoms with Crippen molar-refractivity contribution in [2.75, 3.05) is 11.9 Å². The number of nitrogens with one attached hydrogen (secondary N) is 1. The number of likely N-dealkylation sites (tertiary alicyclic amines) is 1. The molecule has 0 saturated carbocycles. The molecule has 3 aliphatic heterocycles. The average molecular weight is 812 g/mol. The number of aromatic carboxylic acids is 1. The Morgan fingerprint density at radius 3 is 2.07 bits per heavy atom. The summed E-state index contributed by atoms with van der Waals surface area (Å²) < 4.78 is 11.1. The van der Waals surface area contributed by atoms with Crippen LogP contribution in [-0.4, -0.2) is 84.6 Å². The number of thioether (sulfide) groups is 1. The SMILES string of the molecule is C[C@@H](O)[C@H]1C(=O)N2C(C(=O)OCc3ccc([N+](=O)[O-])cc3)=C(S[C@H]3C[C@@H](C(=O)Nc4cccc(C(=O)[O-])c4)N(C(=O)OCc4ccc([N+](=O)[O-])cc4)C3)[C@H](C)[C@H]12.[Na+]. The number of benzene rings is 3. The molecule has 0 aromatic heterocycles. The van der Waals surface area contributed by atoms with Crippen LogP contribution < -0.4 is 40.0 Å². The number of carbonyl (C=O) groups excluding carboxylic acids is 5. The fraction of sp³-hybridized carbons (Fsp3) is 0.324. The Bertz CT molecular complexity index is 2130. The van der Waals surface area contributed by atoms with E-state index in [1.807, 2.05) is 0 Å². The standard InChI is InChI=1S/C37H35N5O13S.Na/c1-19-30-29(20(2)43)34(45)40(30)31(36(48)54-17-21-6-10-25(11-7-21)41(50)51)32(19)56-27-15-28(33(44)38-24-5-3-4-23(14-24)35(46)47)39(16-27)37(49)55-18-22-8-12-26(13-9-22)42(52)53;/h3-14,19-20,27-30,43H,15-18H2,1-2H3,(H,38,44)(H,46,47);/q;+1/p-1/t19-,20-,27+,28+,29-,30-;/m1./s1. The number of carboxylic acids is 1. The number of esters is 1. The minimum Gasteiger partial charge on any atom is -0.545 e. The largest absolute Gasteiger partial charge is 1.00 e. The van der Waals surface area contributed by atoms with E-state index in [1.54, 1.807) is 6.92 Å². The van der Waals surface area contributed by atoms with Crippen LogP contribution >= 0.6 is 11.8 Å². The zero-order valence-corrected chi connectivity index (χ0v) is 33.6. The molecule has 0 spiro atoms. The first kappa shape index (κ1) is 42.8. The maximum Gasteiger partial charge on any atom is 1.00 e. The molecule has 57 heavy (non-hydrogen) atoms. The first-order chi connectivity index (χ1) is 26.6. The number of anilines is 1. The summed E-state index contributed by atoms with van der Waals surface area (Å²) in [6.45, 7) is 2.66. The average Bonchev–Trinajstić information content (AvgIpc) is 3.70. The van der Waals surface area contributed by atoms with Gasteiger partial charge >= 0.3 is 41.6 Å². The molecular formula is C37H34N5NaO13S. The van der Waals surface area contributed by atoms with Crippen LogP contribution in [0.5, 0.6) is 0 Å². The Balaban J connectivity index is 0.00000620. The van der Waals surface area contributed by atoms with Crippen molar-refractivity contribution in [2.24, 2.45) is 11.8 Å². The smallest absolute Gasteiger partial charge is 0.545 e. The second-order valence-electron chi connectivity index (χ2n) is 13.4. The molecule has 3 aromatic rings. The van der Waals surface area contributed by atoms with E-state index in [0.29, 0.717) is 16.0 Å². The second-order valence-corrected chi connectivity index (χ2v) is 14.8. The predicted octanol–water partition coefficient (Wildman–Crippen LogP) is 0.134. The molecule has 0 aliphatic carbocycles. The van der Waals surface area contributed by atoms with Crippen molar-refractivity contribution in [1.29, 1.82) is 0 Å². The van der Waals surface area contributed by atoms with Crippen molar-refractivity contribution in [3.63, 3.8) is 0 Å². The fourth-order valence-corrected chi connectivity index (χ4v) is 8.52. The van der Waals surface area contributed by atoms with Gasteiger partial charge in [0, 0.05) is 52.6 Å². The number of nitro benzene ring substituents is 2. The topological polar surface area (TPSA) is 252 Å². The molecule has 6 atom stereocenters. The van der Waals surface area contributed by atoms with Gasteiger partial charge in [-0.15, -0.1) is 11.8 Å². The number of aliphatic hydroxyl groups excluding tert-OH is 1. The van der Waals surface area contributed by atoms with Gasteiger partial charge in [-0.1, -0.05) is 19.1 Å². The van der Waals surface area contributed by atoms with Gasteiger partial charge in [-0.3, -0.25) is 34.7 Å². The third-order valence-corrected chi connectivity index (χ3v) is 11.3. The van der Waals surface area contributed by atoms with Crippen molar-refractivity contribution in [2.45, 2.75) is 56.9 Å². The number of rotatable bonds is 13. The van der Waals surface area contributed by atoms with Gasteiger partial charge in [-0.25, -0.2) is 9.59 Å². The van der Waals surface area contributed by atoms with Gasteiger partial charge in [-0.05, 0) is 66.4 Å². The van der Waals surface area contributed by atoms with Gasteiger partial charge in [0.1, 0.15) is 25.0 Å². The summed E-state index contributed by atoms with van der Waals surface area (Å²) in [5.74, 6) is -4.73. The Morgan fingerprint density at radius 2 is 1.53 bits per heavy atom. The summed E-state index contributed by atoms with van der Waals surface area (Å²) in [4.78, 5) is 89.7. The van der Waals surface area contributed by atoms with Gasteiger partial charge in [0.2, 0.25) is 11.8 Å². The summed E-state index contributed by atoms with van der Waals surface area (Å²) in [6, 6.07) is 14.4. The van der Waals surface area contributed by atoms with E-state index >= 15 is 0 Å². The number of nitrogens with zero attached hydrogens (tertiary/aromatic N) is 4. The number of nitro groups is 2. The number of β-lactam (4-membered cyclic amide) rings is 1. The van der Waals surface area contributed by atoms with Crippen molar-refractivity contribution in [1.82, 2.24) is 9.80 Å². The molecule has 20 heteroatoms. The zero-order valence-electron chi connectivity index (χ0n) is 30.8. The van der Waals surface area contributed by atoms with E-state index < -0.39 is 75.0 Å². The molecule has 18 nitrogen and oxygen atoms in total. The molecule has 3 amide bonds. The van der Waals surface area contributed by atoms with Gasteiger partial charge in [-0.2, -0.15) is 0 Å². The third kappa shape index (κ3) is 9.12.